The SMILES string of the molecule is CCOc1ccc(S(=O)(=O)Nc2ccc(Nc3c(C)cccc3C)cn2)cc1. The number of anilines is 3. The smallest absolute Gasteiger partial charge is 0.263 e. The standard InChI is InChI=1S/C21H23N3O3S/c1-4-27-18-9-11-19(12-10-18)28(25,26)24-20-13-8-17(14-22-20)23-21-15(2)6-5-7-16(21)3/h5-14,23H,4H2,1-3H3,(H,22,24). The maximum absolute atomic E-state index is 12.5. The van der Waals surface area contributed by atoms with Crippen LogP contribution in [0, 0.1) is 13.8 Å². The van der Waals surface area contributed by atoms with E-state index in [0.29, 0.717) is 12.4 Å². The second kappa shape index (κ2) is 8.31. The highest BCUT2D eigenvalue weighted by molar-refractivity contribution is 7.92. The molecule has 6 nitrogen and oxygen atoms in total. The Morgan fingerprint density at radius 3 is 2.21 bits per heavy atom. The Kier molecular flexibility index (Phi) is 5.84. The first-order valence-electron chi connectivity index (χ1n) is 8.94. The number of aryl methyl sites for hydroxylation is 2. The molecule has 0 saturated heterocycles. The maximum Gasteiger partial charge on any atom is 0.263 e. The molecule has 146 valence electrons. The molecular formula is C21H23N3O3S. The van der Waals surface area contributed by atoms with Crippen molar-refractivity contribution in [3.05, 3.63) is 71.9 Å². The summed E-state index contributed by atoms with van der Waals surface area (Å²) in [6.07, 6.45) is 1.60. The fourth-order valence-corrected chi connectivity index (χ4v) is 3.77. The van der Waals surface area contributed by atoms with Crippen LogP contribution in [0.2, 0.25) is 0 Å². The van der Waals surface area contributed by atoms with Gasteiger partial charge in [-0.2, -0.15) is 0 Å². The van der Waals surface area contributed by atoms with Crippen molar-refractivity contribution in [2.45, 2.75) is 25.7 Å². The summed E-state index contributed by atoms with van der Waals surface area (Å²) in [5, 5.41) is 3.33. The van der Waals surface area contributed by atoms with Gasteiger partial charge in [0, 0.05) is 5.69 Å². The van der Waals surface area contributed by atoms with Crippen molar-refractivity contribution in [3.63, 3.8) is 0 Å². The molecule has 0 spiro atoms. The Bertz CT molecular complexity index is 1030. The number of para-hydroxylation sites is 1. The van der Waals surface area contributed by atoms with Gasteiger partial charge in [0.1, 0.15) is 11.6 Å². The van der Waals surface area contributed by atoms with Crippen molar-refractivity contribution in [1.29, 1.82) is 0 Å². The minimum absolute atomic E-state index is 0.149. The van der Waals surface area contributed by atoms with Gasteiger partial charge in [-0.25, -0.2) is 13.4 Å². The van der Waals surface area contributed by atoms with Gasteiger partial charge in [0.05, 0.1) is 23.4 Å². The molecule has 28 heavy (non-hydrogen) atoms. The number of sulfonamides is 1. The van der Waals surface area contributed by atoms with Gasteiger partial charge < -0.3 is 10.1 Å². The van der Waals surface area contributed by atoms with Crippen LogP contribution in [-0.2, 0) is 10.0 Å². The van der Waals surface area contributed by atoms with Gasteiger partial charge in [-0.1, -0.05) is 18.2 Å². The molecule has 0 bridgehead atoms. The zero-order valence-electron chi connectivity index (χ0n) is 16.1. The highest BCUT2D eigenvalue weighted by Gasteiger charge is 2.15. The van der Waals surface area contributed by atoms with E-state index in [1.165, 1.54) is 12.1 Å². The van der Waals surface area contributed by atoms with E-state index in [1.807, 2.05) is 39.0 Å². The summed E-state index contributed by atoms with van der Waals surface area (Å²) in [5.41, 5.74) is 4.05. The third kappa shape index (κ3) is 4.61. The number of benzene rings is 2. The molecule has 0 atom stereocenters. The van der Waals surface area contributed by atoms with Crippen molar-refractivity contribution in [2.24, 2.45) is 0 Å². The van der Waals surface area contributed by atoms with E-state index >= 15 is 0 Å². The lowest BCUT2D eigenvalue weighted by molar-refractivity contribution is 0.340. The first kappa shape index (κ1) is 19.7. The number of hydrogen-bond acceptors (Lipinski definition) is 5. The minimum atomic E-state index is -3.72. The number of pyridine rings is 1. The first-order chi connectivity index (χ1) is 13.4. The van der Waals surface area contributed by atoms with Crippen LogP contribution in [0.15, 0.2) is 65.7 Å². The molecule has 0 amide bonds. The summed E-state index contributed by atoms with van der Waals surface area (Å²) in [5.74, 6) is 0.877. The molecular weight excluding hydrogens is 374 g/mol. The lowest BCUT2D eigenvalue weighted by Crippen LogP contribution is -2.13. The van der Waals surface area contributed by atoms with Gasteiger partial charge in [-0.15, -0.1) is 0 Å². The minimum Gasteiger partial charge on any atom is -0.494 e. The Morgan fingerprint density at radius 1 is 0.964 bits per heavy atom. The van der Waals surface area contributed by atoms with Crippen LogP contribution in [0.5, 0.6) is 5.75 Å². The zero-order valence-corrected chi connectivity index (χ0v) is 16.9. The summed E-state index contributed by atoms with van der Waals surface area (Å²) in [4.78, 5) is 4.36. The second-order valence-corrected chi connectivity index (χ2v) is 8.02. The van der Waals surface area contributed by atoms with Gasteiger partial charge in [0.2, 0.25) is 0 Å². The van der Waals surface area contributed by atoms with E-state index in [1.54, 1.807) is 30.5 Å². The average molecular weight is 398 g/mol. The Labute approximate surface area is 165 Å². The third-order valence-electron chi connectivity index (χ3n) is 4.20. The molecule has 0 aliphatic heterocycles. The van der Waals surface area contributed by atoms with Crippen LogP contribution in [0.4, 0.5) is 17.2 Å². The van der Waals surface area contributed by atoms with Gasteiger partial charge in [0.25, 0.3) is 10.0 Å². The molecule has 0 aliphatic carbocycles. The van der Waals surface area contributed by atoms with Crippen molar-refractivity contribution >= 4 is 27.2 Å². The number of ether oxygens (including phenoxy) is 1. The number of nitrogens with one attached hydrogen (secondary N) is 2. The van der Waals surface area contributed by atoms with Crippen LogP contribution in [-0.4, -0.2) is 20.0 Å². The monoisotopic (exact) mass is 397 g/mol. The first-order valence-corrected chi connectivity index (χ1v) is 10.4. The van der Waals surface area contributed by atoms with Gasteiger partial charge >= 0.3 is 0 Å². The van der Waals surface area contributed by atoms with Crippen molar-refractivity contribution in [2.75, 3.05) is 16.6 Å². The van der Waals surface area contributed by atoms with Gasteiger partial charge in [0.15, 0.2) is 0 Å². The summed E-state index contributed by atoms with van der Waals surface area (Å²) >= 11 is 0. The average Bonchev–Trinajstić information content (AvgIpc) is 2.67. The zero-order chi connectivity index (χ0) is 20.1. The van der Waals surface area contributed by atoms with Crippen LogP contribution in [0.3, 0.4) is 0 Å². The van der Waals surface area contributed by atoms with E-state index < -0.39 is 10.0 Å². The molecule has 0 fully saturated rings. The highest BCUT2D eigenvalue weighted by atomic mass is 32.2. The van der Waals surface area contributed by atoms with Crippen LogP contribution < -0.4 is 14.8 Å². The Hall–Kier alpha value is -3.06. The normalized spacial score (nSPS) is 11.1. The van der Waals surface area contributed by atoms with Crippen molar-refractivity contribution in [1.82, 2.24) is 4.98 Å². The molecule has 2 N–H and O–H groups in total. The quantitative estimate of drug-likeness (QED) is 0.607. The van der Waals surface area contributed by atoms with Crippen molar-refractivity contribution < 1.29 is 13.2 Å². The third-order valence-corrected chi connectivity index (χ3v) is 5.57. The molecule has 3 aromatic rings. The molecule has 2 aromatic carbocycles. The molecule has 3 rings (SSSR count). The predicted octanol–water partition coefficient (Wildman–Crippen LogP) is 4.64. The topological polar surface area (TPSA) is 80.3 Å². The van der Waals surface area contributed by atoms with E-state index in [2.05, 4.69) is 15.0 Å². The fraction of sp³-hybridized carbons (Fsp3) is 0.190. The van der Waals surface area contributed by atoms with Crippen molar-refractivity contribution in [3.8, 4) is 5.75 Å². The number of nitrogens with zero attached hydrogens (tertiary/aromatic N) is 1. The molecule has 0 radical (unpaired) electrons. The summed E-state index contributed by atoms with van der Waals surface area (Å²) < 4.78 is 32.9. The Morgan fingerprint density at radius 2 is 1.64 bits per heavy atom. The number of aromatic nitrogens is 1. The van der Waals surface area contributed by atoms with Crippen LogP contribution >= 0.6 is 0 Å². The number of rotatable bonds is 7. The lowest BCUT2D eigenvalue weighted by atomic mass is 10.1. The molecule has 0 saturated carbocycles. The largest absolute Gasteiger partial charge is 0.494 e. The molecule has 0 unspecified atom stereocenters. The molecule has 7 heteroatoms. The number of hydrogen-bond donors (Lipinski definition) is 2. The molecule has 1 heterocycles. The maximum atomic E-state index is 12.5. The van der Waals surface area contributed by atoms with Gasteiger partial charge in [-0.3, -0.25) is 4.72 Å². The van der Waals surface area contributed by atoms with Gasteiger partial charge in [-0.05, 0) is 68.3 Å². The Balaban J connectivity index is 1.73. The van der Waals surface area contributed by atoms with E-state index in [-0.39, 0.29) is 10.7 Å². The lowest BCUT2D eigenvalue weighted by Gasteiger charge is -2.13. The molecule has 0 aliphatic rings. The molecule has 1 aromatic heterocycles. The highest BCUT2D eigenvalue weighted by Crippen LogP contribution is 2.25. The predicted molar refractivity (Wildman–Crippen MR) is 112 cm³/mol. The second-order valence-electron chi connectivity index (χ2n) is 6.33. The van der Waals surface area contributed by atoms with E-state index in [4.69, 9.17) is 4.74 Å². The van der Waals surface area contributed by atoms with E-state index in [0.717, 1.165) is 22.5 Å². The van der Waals surface area contributed by atoms with E-state index in [9.17, 15) is 8.42 Å². The fourth-order valence-electron chi connectivity index (χ4n) is 2.76. The summed E-state index contributed by atoms with van der Waals surface area (Å²) in [6.45, 7) is 6.46. The van der Waals surface area contributed by atoms with Crippen LogP contribution in [0.1, 0.15) is 18.1 Å². The van der Waals surface area contributed by atoms with Crippen LogP contribution in [0.25, 0.3) is 0 Å². The summed E-state index contributed by atoms with van der Waals surface area (Å²) in [6, 6.07) is 15.7. The summed E-state index contributed by atoms with van der Waals surface area (Å²) in [7, 11) is -3.72.